The van der Waals surface area contributed by atoms with Crippen molar-refractivity contribution in [1.29, 1.82) is 0 Å². The highest BCUT2D eigenvalue weighted by Crippen LogP contribution is 2.30. The zero-order chi connectivity index (χ0) is 22.9. The number of nitrogens with zero attached hydrogens (tertiary/aromatic N) is 4. The Hall–Kier alpha value is -2.68. The Bertz CT molecular complexity index is 1140. The highest BCUT2D eigenvalue weighted by molar-refractivity contribution is 6.32. The van der Waals surface area contributed by atoms with Gasteiger partial charge in [0.2, 0.25) is 5.91 Å². The molecule has 10 heteroatoms. The Morgan fingerprint density at radius 3 is 2.45 bits per heavy atom. The van der Waals surface area contributed by atoms with Crippen LogP contribution in [0.4, 0.5) is 18.9 Å². The summed E-state index contributed by atoms with van der Waals surface area (Å²) in [5.74, 6) is -1.56. The van der Waals surface area contributed by atoms with E-state index in [0.717, 1.165) is 27.8 Å². The van der Waals surface area contributed by atoms with Crippen molar-refractivity contribution in [2.75, 3.05) is 5.32 Å². The summed E-state index contributed by atoms with van der Waals surface area (Å²) in [5.41, 5.74) is 4.27. The Kier molecular flexibility index (Phi) is 6.54. The molecule has 31 heavy (non-hydrogen) atoms. The zero-order valence-corrected chi connectivity index (χ0v) is 18.4. The number of benzene rings is 1. The lowest BCUT2D eigenvalue weighted by Gasteiger charge is -2.16. The predicted octanol–water partition coefficient (Wildman–Crippen LogP) is 5.11. The Morgan fingerprint density at radius 1 is 1.13 bits per heavy atom. The minimum Gasteiger partial charge on any atom is -0.326 e. The van der Waals surface area contributed by atoms with Gasteiger partial charge in [0.15, 0.2) is 0 Å². The van der Waals surface area contributed by atoms with E-state index in [0.29, 0.717) is 34.8 Å². The van der Waals surface area contributed by atoms with E-state index in [1.165, 1.54) is 0 Å². The Morgan fingerprint density at radius 2 is 1.84 bits per heavy atom. The molecule has 0 unspecified atom stereocenters. The number of amides is 1. The molecule has 1 aromatic carbocycles. The first kappa shape index (κ1) is 23.0. The van der Waals surface area contributed by atoms with Crippen LogP contribution in [0.2, 0.25) is 5.02 Å². The second-order valence-electron chi connectivity index (χ2n) is 7.22. The molecule has 0 spiro atoms. The van der Waals surface area contributed by atoms with Gasteiger partial charge in [-0.25, -0.2) is 9.50 Å². The lowest BCUT2D eigenvalue weighted by molar-refractivity contribution is -0.144. The van der Waals surface area contributed by atoms with Crippen molar-refractivity contribution in [2.45, 2.75) is 59.6 Å². The fraction of sp³-hybridized carbons (Fsp3) is 0.429. The molecule has 0 saturated heterocycles. The lowest BCUT2D eigenvalue weighted by atomic mass is 10.0. The third kappa shape index (κ3) is 4.66. The number of carbonyl (C=O) groups is 1. The summed E-state index contributed by atoms with van der Waals surface area (Å²) in [4.78, 5) is 20.3. The van der Waals surface area contributed by atoms with Crippen molar-refractivity contribution in [3.05, 3.63) is 51.1 Å². The molecule has 3 aromatic rings. The third-order valence-corrected chi connectivity index (χ3v) is 5.60. The van der Waals surface area contributed by atoms with Gasteiger partial charge in [0.05, 0.1) is 0 Å². The maximum atomic E-state index is 12.9. The van der Waals surface area contributed by atoms with Gasteiger partial charge in [-0.2, -0.15) is 18.2 Å². The number of halogens is 4. The number of hydrogen-bond acceptors (Lipinski definition) is 4. The van der Waals surface area contributed by atoms with E-state index < -0.39 is 12.0 Å². The van der Waals surface area contributed by atoms with Gasteiger partial charge in [0, 0.05) is 28.5 Å². The second kappa shape index (κ2) is 8.82. The topological polar surface area (TPSA) is 72.2 Å². The molecule has 0 aliphatic carbocycles. The van der Waals surface area contributed by atoms with Crippen molar-refractivity contribution in [3.8, 4) is 0 Å². The smallest absolute Gasteiger partial charge is 0.326 e. The minimum atomic E-state index is -4.65. The van der Waals surface area contributed by atoms with Crippen molar-refractivity contribution < 1.29 is 18.0 Å². The third-order valence-electron chi connectivity index (χ3n) is 5.25. The first-order chi connectivity index (χ1) is 14.6. The summed E-state index contributed by atoms with van der Waals surface area (Å²) in [6.45, 7) is 7.30. The number of aryl methyl sites for hydroxylation is 3. The molecule has 166 valence electrons. The number of carbonyl (C=O) groups excluding carboxylic acids is 1. The van der Waals surface area contributed by atoms with Crippen LogP contribution in [0.3, 0.4) is 0 Å². The maximum Gasteiger partial charge on any atom is 0.453 e. The monoisotopic (exact) mass is 453 g/mol. The highest BCUT2D eigenvalue weighted by Gasteiger charge is 2.37. The summed E-state index contributed by atoms with van der Waals surface area (Å²) < 4.78 is 39.9. The molecule has 0 atom stereocenters. The van der Waals surface area contributed by atoms with Gasteiger partial charge in [0.1, 0.15) is 0 Å². The van der Waals surface area contributed by atoms with Crippen LogP contribution in [0.1, 0.15) is 54.2 Å². The van der Waals surface area contributed by atoms with E-state index in [9.17, 15) is 18.0 Å². The quantitative estimate of drug-likeness (QED) is 0.563. The van der Waals surface area contributed by atoms with Crippen LogP contribution < -0.4 is 5.32 Å². The van der Waals surface area contributed by atoms with Gasteiger partial charge < -0.3 is 5.32 Å². The van der Waals surface area contributed by atoms with E-state index in [1.807, 2.05) is 26.0 Å². The van der Waals surface area contributed by atoms with Crippen LogP contribution in [0.5, 0.6) is 0 Å². The highest BCUT2D eigenvalue weighted by atomic mass is 35.5. The molecule has 0 aliphatic rings. The van der Waals surface area contributed by atoms with Gasteiger partial charge in [-0.1, -0.05) is 31.5 Å². The average Bonchev–Trinajstić information content (AvgIpc) is 3.13. The zero-order valence-electron chi connectivity index (χ0n) is 17.7. The number of anilines is 1. The van der Waals surface area contributed by atoms with Crippen LogP contribution >= 0.6 is 11.6 Å². The van der Waals surface area contributed by atoms with E-state index in [2.05, 4.69) is 20.4 Å². The molecule has 0 saturated carbocycles. The average molecular weight is 454 g/mol. The van der Waals surface area contributed by atoms with Gasteiger partial charge in [-0.3, -0.25) is 4.79 Å². The number of nitrogens with one attached hydrogen (secondary N) is 1. The Labute approximate surface area is 182 Å². The molecule has 0 radical (unpaired) electrons. The van der Waals surface area contributed by atoms with Crippen LogP contribution in [-0.4, -0.2) is 25.5 Å². The molecule has 2 heterocycles. The number of fused-ring (bicyclic) bond motifs is 1. The molecule has 2 aromatic heterocycles. The van der Waals surface area contributed by atoms with Gasteiger partial charge >= 0.3 is 6.18 Å². The van der Waals surface area contributed by atoms with Crippen LogP contribution in [0, 0.1) is 13.8 Å². The van der Waals surface area contributed by atoms with Crippen LogP contribution in [-0.2, 0) is 30.2 Å². The van der Waals surface area contributed by atoms with E-state index >= 15 is 0 Å². The van der Waals surface area contributed by atoms with Gasteiger partial charge in [-0.15, -0.1) is 5.10 Å². The molecule has 1 N–H and O–H groups in total. The molecule has 3 rings (SSSR count). The molecule has 0 fully saturated rings. The van der Waals surface area contributed by atoms with Crippen molar-refractivity contribution >= 4 is 29.0 Å². The normalized spacial score (nSPS) is 11.9. The molecule has 1 amide bonds. The van der Waals surface area contributed by atoms with Crippen molar-refractivity contribution in [2.24, 2.45) is 0 Å². The number of aromatic nitrogens is 4. The fourth-order valence-corrected chi connectivity index (χ4v) is 3.89. The Balaban J connectivity index is 1.83. The first-order valence-electron chi connectivity index (χ1n) is 9.96. The number of hydrogen-bond donors (Lipinski definition) is 1. The van der Waals surface area contributed by atoms with Crippen molar-refractivity contribution in [1.82, 2.24) is 19.6 Å². The van der Waals surface area contributed by atoms with E-state index in [4.69, 9.17) is 11.6 Å². The van der Waals surface area contributed by atoms with Crippen molar-refractivity contribution in [3.63, 3.8) is 0 Å². The van der Waals surface area contributed by atoms with E-state index in [1.54, 1.807) is 13.8 Å². The van der Waals surface area contributed by atoms with Gasteiger partial charge in [0.25, 0.3) is 11.6 Å². The summed E-state index contributed by atoms with van der Waals surface area (Å²) in [6, 6.07) is 3.72. The molecular weight excluding hydrogens is 431 g/mol. The summed E-state index contributed by atoms with van der Waals surface area (Å²) >= 11 is 6.29. The van der Waals surface area contributed by atoms with Gasteiger partial charge in [-0.05, 0) is 55.9 Å². The fourth-order valence-electron chi connectivity index (χ4n) is 3.60. The number of rotatable bonds is 6. The molecular formula is C21H23ClF3N5O. The first-order valence-corrected chi connectivity index (χ1v) is 10.3. The molecule has 6 nitrogen and oxygen atoms in total. The molecule has 0 aliphatic heterocycles. The summed E-state index contributed by atoms with van der Waals surface area (Å²) in [5, 5.41) is 7.10. The standard InChI is InChI=1S/C21H23ClF3N5O/c1-5-13-7-9-16(22)14(6-2)18(13)27-17(31)10-8-15-11(3)26-20-28-19(21(23,24)25)29-30(20)12(15)4/h7,9H,5-6,8,10H2,1-4H3,(H,27,31). The SMILES string of the molecule is CCc1ccc(Cl)c(CC)c1NC(=O)CCc1c(C)nc2nc(C(F)(F)F)nn2c1C. The minimum absolute atomic E-state index is 0.116. The number of alkyl halides is 3. The maximum absolute atomic E-state index is 12.9. The van der Waals surface area contributed by atoms with Crippen LogP contribution in [0.15, 0.2) is 12.1 Å². The predicted molar refractivity (Wildman–Crippen MR) is 112 cm³/mol. The largest absolute Gasteiger partial charge is 0.453 e. The lowest BCUT2D eigenvalue weighted by Crippen LogP contribution is -2.16. The van der Waals surface area contributed by atoms with E-state index in [-0.39, 0.29) is 18.1 Å². The summed E-state index contributed by atoms with van der Waals surface area (Å²) in [7, 11) is 0. The summed E-state index contributed by atoms with van der Waals surface area (Å²) in [6.07, 6.45) is -2.80. The second-order valence-corrected chi connectivity index (χ2v) is 7.63. The molecule has 0 bridgehead atoms. The van der Waals surface area contributed by atoms with Crippen LogP contribution in [0.25, 0.3) is 5.78 Å².